The Morgan fingerprint density at radius 3 is 2.71 bits per heavy atom. The average Bonchev–Trinajstić information content (AvgIpc) is 2.72. The number of hydrogen-bond acceptors (Lipinski definition) is 1. The lowest BCUT2D eigenvalue weighted by Gasteiger charge is -1.97. The van der Waals surface area contributed by atoms with Crippen molar-refractivity contribution in [2.24, 2.45) is 0 Å². The summed E-state index contributed by atoms with van der Waals surface area (Å²) in [5, 5.41) is 1.85. The minimum atomic E-state index is 0.737. The number of fused-ring (bicyclic) bond motifs is 1. The van der Waals surface area contributed by atoms with E-state index in [1.807, 2.05) is 42.5 Å². The van der Waals surface area contributed by atoms with Crippen molar-refractivity contribution < 1.29 is 0 Å². The van der Waals surface area contributed by atoms with Gasteiger partial charge in [-0.3, -0.25) is 0 Å². The van der Waals surface area contributed by atoms with E-state index in [4.69, 9.17) is 17.3 Å². The van der Waals surface area contributed by atoms with Crippen LogP contribution in [-0.4, -0.2) is 4.98 Å². The van der Waals surface area contributed by atoms with Crippen molar-refractivity contribution in [1.82, 2.24) is 4.98 Å². The van der Waals surface area contributed by atoms with Gasteiger partial charge in [0.1, 0.15) is 0 Å². The summed E-state index contributed by atoms with van der Waals surface area (Å²) in [5.74, 6) is 0. The van der Waals surface area contributed by atoms with E-state index in [0.717, 1.165) is 32.9 Å². The molecule has 0 radical (unpaired) electrons. The highest BCUT2D eigenvalue weighted by atomic mass is 35.5. The monoisotopic (exact) mass is 242 g/mol. The molecular formula is C14H11ClN2. The topological polar surface area (TPSA) is 41.8 Å². The largest absolute Gasteiger partial charge is 0.399 e. The van der Waals surface area contributed by atoms with Gasteiger partial charge >= 0.3 is 0 Å². The van der Waals surface area contributed by atoms with Crippen LogP contribution < -0.4 is 5.73 Å². The number of aromatic amines is 1. The molecular weight excluding hydrogens is 232 g/mol. The Labute approximate surface area is 104 Å². The Hall–Kier alpha value is -1.93. The predicted molar refractivity (Wildman–Crippen MR) is 73.2 cm³/mol. The van der Waals surface area contributed by atoms with E-state index in [9.17, 15) is 0 Å². The van der Waals surface area contributed by atoms with Crippen molar-refractivity contribution in [1.29, 1.82) is 0 Å². The van der Waals surface area contributed by atoms with Crippen LogP contribution in [0.2, 0.25) is 5.02 Å². The van der Waals surface area contributed by atoms with E-state index < -0.39 is 0 Å². The number of rotatable bonds is 1. The number of halogens is 1. The van der Waals surface area contributed by atoms with Crippen LogP contribution in [0.5, 0.6) is 0 Å². The number of hydrogen-bond donors (Lipinski definition) is 2. The molecule has 0 bridgehead atoms. The fourth-order valence-electron chi connectivity index (χ4n) is 1.96. The summed E-state index contributed by atoms with van der Waals surface area (Å²) in [6.45, 7) is 0. The van der Waals surface area contributed by atoms with E-state index in [0.29, 0.717) is 0 Å². The first-order valence-corrected chi connectivity index (χ1v) is 5.74. The van der Waals surface area contributed by atoms with Crippen molar-refractivity contribution in [3.8, 4) is 11.3 Å². The molecule has 2 nitrogen and oxygen atoms in total. The zero-order chi connectivity index (χ0) is 11.8. The normalized spacial score (nSPS) is 10.9. The molecule has 0 aliphatic carbocycles. The molecule has 0 saturated carbocycles. The molecule has 0 atom stereocenters. The highest BCUT2D eigenvalue weighted by Gasteiger charge is 2.03. The fourth-order valence-corrected chi connectivity index (χ4v) is 2.15. The molecule has 0 aliphatic heterocycles. The first-order chi connectivity index (χ1) is 8.22. The summed E-state index contributed by atoms with van der Waals surface area (Å²) in [7, 11) is 0. The molecule has 3 rings (SSSR count). The van der Waals surface area contributed by atoms with Gasteiger partial charge in [0.25, 0.3) is 0 Å². The molecule has 17 heavy (non-hydrogen) atoms. The van der Waals surface area contributed by atoms with Crippen LogP contribution in [0.15, 0.2) is 48.5 Å². The zero-order valence-electron chi connectivity index (χ0n) is 9.07. The van der Waals surface area contributed by atoms with E-state index in [1.165, 1.54) is 0 Å². The molecule has 1 aromatic heterocycles. The van der Waals surface area contributed by atoms with Crippen LogP contribution in [0.1, 0.15) is 0 Å². The maximum absolute atomic E-state index is 5.98. The van der Waals surface area contributed by atoms with Gasteiger partial charge in [-0.05, 0) is 42.0 Å². The summed E-state index contributed by atoms with van der Waals surface area (Å²) in [6, 6.07) is 15.7. The first-order valence-electron chi connectivity index (χ1n) is 5.36. The molecule has 0 saturated heterocycles. The summed E-state index contributed by atoms with van der Waals surface area (Å²) in [4.78, 5) is 3.35. The van der Waals surface area contributed by atoms with Crippen LogP contribution in [0.3, 0.4) is 0 Å². The second-order valence-electron chi connectivity index (χ2n) is 4.04. The third-order valence-electron chi connectivity index (χ3n) is 2.78. The molecule has 1 heterocycles. The lowest BCUT2D eigenvalue weighted by molar-refractivity contribution is 1.45. The van der Waals surface area contributed by atoms with Crippen LogP contribution in [-0.2, 0) is 0 Å². The smallest absolute Gasteiger partial charge is 0.0465 e. The maximum atomic E-state index is 5.98. The average molecular weight is 243 g/mol. The van der Waals surface area contributed by atoms with E-state index in [-0.39, 0.29) is 0 Å². The number of nitrogens with one attached hydrogen (secondary N) is 1. The van der Waals surface area contributed by atoms with Gasteiger partial charge in [-0.15, -0.1) is 0 Å². The summed E-state index contributed by atoms with van der Waals surface area (Å²) in [5.41, 5.74) is 9.74. The van der Waals surface area contributed by atoms with Crippen molar-refractivity contribution in [2.75, 3.05) is 5.73 Å². The summed E-state index contributed by atoms with van der Waals surface area (Å²) in [6.07, 6.45) is 0. The van der Waals surface area contributed by atoms with Crippen molar-refractivity contribution in [2.45, 2.75) is 0 Å². The lowest BCUT2D eigenvalue weighted by atomic mass is 10.1. The Bertz CT molecular complexity index is 686. The third-order valence-corrected chi connectivity index (χ3v) is 3.02. The molecule has 2 aromatic carbocycles. The van der Waals surface area contributed by atoms with Crippen molar-refractivity contribution >= 4 is 28.2 Å². The maximum Gasteiger partial charge on any atom is 0.0465 e. The molecule has 0 unspecified atom stereocenters. The lowest BCUT2D eigenvalue weighted by Crippen LogP contribution is -1.81. The van der Waals surface area contributed by atoms with Crippen molar-refractivity contribution in [3.63, 3.8) is 0 Å². The molecule has 3 heteroatoms. The van der Waals surface area contributed by atoms with Gasteiger partial charge in [0.15, 0.2) is 0 Å². The van der Waals surface area contributed by atoms with Gasteiger partial charge in [0.2, 0.25) is 0 Å². The second kappa shape index (κ2) is 3.82. The Kier molecular flexibility index (Phi) is 2.30. The van der Waals surface area contributed by atoms with Gasteiger partial charge in [0.05, 0.1) is 0 Å². The first kappa shape index (κ1) is 10.2. The van der Waals surface area contributed by atoms with Gasteiger partial charge < -0.3 is 10.7 Å². The van der Waals surface area contributed by atoms with E-state index in [2.05, 4.69) is 11.1 Å². The third kappa shape index (κ3) is 1.87. The molecule has 0 fully saturated rings. The fraction of sp³-hybridized carbons (Fsp3) is 0. The van der Waals surface area contributed by atoms with Crippen LogP contribution >= 0.6 is 11.6 Å². The van der Waals surface area contributed by atoms with Crippen LogP contribution in [0.25, 0.3) is 22.2 Å². The number of nitrogens with two attached hydrogens (primary N) is 1. The Balaban J connectivity index is 2.18. The molecule has 0 spiro atoms. The van der Waals surface area contributed by atoms with Crippen LogP contribution in [0, 0.1) is 0 Å². The van der Waals surface area contributed by atoms with E-state index >= 15 is 0 Å². The van der Waals surface area contributed by atoms with Gasteiger partial charge in [0, 0.05) is 27.3 Å². The molecule has 84 valence electrons. The van der Waals surface area contributed by atoms with Crippen LogP contribution in [0.4, 0.5) is 5.69 Å². The number of aromatic nitrogens is 1. The molecule has 3 aromatic rings. The number of anilines is 1. The van der Waals surface area contributed by atoms with Gasteiger partial charge in [-0.1, -0.05) is 23.7 Å². The van der Waals surface area contributed by atoms with Crippen molar-refractivity contribution in [3.05, 3.63) is 53.6 Å². The second-order valence-corrected chi connectivity index (χ2v) is 4.48. The summed E-state index contributed by atoms with van der Waals surface area (Å²) < 4.78 is 0. The molecule has 3 N–H and O–H groups in total. The zero-order valence-corrected chi connectivity index (χ0v) is 9.83. The quantitative estimate of drug-likeness (QED) is 0.621. The standard InChI is InChI=1S/C14H11ClN2/c15-11-3-1-2-9(6-11)14-8-10-7-12(16)4-5-13(10)17-14/h1-8,17H,16H2. The summed E-state index contributed by atoms with van der Waals surface area (Å²) >= 11 is 5.98. The van der Waals surface area contributed by atoms with Gasteiger partial charge in [-0.2, -0.15) is 0 Å². The van der Waals surface area contributed by atoms with Gasteiger partial charge in [-0.25, -0.2) is 0 Å². The highest BCUT2D eigenvalue weighted by Crippen LogP contribution is 2.26. The number of H-pyrrole nitrogens is 1. The minimum Gasteiger partial charge on any atom is -0.399 e. The molecule has 0 amide bonds. The van der Waals surface area contributed by atoms with E-state index in [1.54, 1.807) is 0 Å². The minimum absolute atomic E-state index is 0.737. The SMILES string of the molecule is Nc1ccc2[nH]c(-c3cccc(Cl)c3)cc2c1. The predicted octanol–water partition coefficient (Wildman–Crippen LogP) is 4.07. The number of nitrogen functional groups attached to an aromatic ring is 1. The Morgan fingerprint density at radius 1 is 1.00 bits per heavy atom. The Morgan fingerprint density at radius 2 is 1.88 bits per heavy atom. The number of benzene rings is 2. The highest BCUT2D eigenvalue weighted by molar-refractivity contribution is 6.30. The molecule has 0 aliphatic rings.